The number of para-hydroxylation sites is 1. The number of nitrogens with zero attached hydrogens (tertiary/aromatic N) is 1. The van der Waals surface area contributed by atoms with Crippen LogP contribution < -0.4 is 4.90 Å². The first-order chi connectivity index (χ1) is 6.81. The molecule has 0 radical (unpaired) electrons. The molecule has 0 unspecified atom stereocenters. The summed E-state index contributed by atoms with van der Waals surface area (Å²) in [6.45, 7) is 0.818. The molecule has 2 rings (SSSR count). The molecule has 14 heavy (non-hydrogen) atoms. The molecular weight excluding hydrogens is 176 g/mol. The maximum atomic E-state index is 8.82. The molecule has 0 atom stereocenters. The van der Waals surface area contributed by atoms with E-state index in [0.29, 0.717) is 6.54 Å². The number of hydrogen-bond acceptors (Lipinski definition) is 2. The fourth-order valence-electron chi connectivity index (χ4n) is 1.53. The Bertz CT molecular complexity index is 389. The maximum Gasteiger partial charge on any atom is 0.106 e. The van der Waals surface area contributed by atoms with Crippen molar-refractivity contribution in [2.45, 2.75) is 0 Å². The van der Waals surface area contributed by atoms with Gasteiger partial charge in [0, 0.05) is 24.5 Å². The summed E-state index contributed by atoms with van der Waals surface area (Å²) in [6.07, 6.45) is 0. The molecule has 0 aliphatic heterocycles. The van der Waals surface area contributed by atoms with E-state index in [2.05, 4.69) is 17.1 Å². The highest BCUT2D eigenvalue weighted by Gasteiger charge is 2.03. The van der Waals surface area contributed by atoms with Crippen LogP contribution in [-0.4, -0.2) is 30.3 Å². The zero-order valence-electron chi connectivity index (χ0n) is 8.20. The number of fused-ring (bicyclic) bond motifs is 1. The van der Waals surface area contributed by atoms with E-state index in [0.717, 1.165) is 11.3 Å². The molecule has 2 aromatic rings. The second kappa shape index (κ2) is 3.72. The monoisotopic (exact) mass is 190 g/mol. The van der Waals surface area contributed by atoms with Crippen LogP contribution in [0.5, 0.6) is 0 Å². The Kier molecular flexibility index (Phi) is 2.41. The number of anilines is 1. The molecule has 3 heteroatoms. The lowest BCUT2D eigenvalue weighted by Gasteiger charge is -2.14. The standard InChI is InChI=1S/C11H14N2O/c1-13(6-7-14)11-8-9-4-2-3-5-10(9)12-11/h2-5,8,12,14H,6-7H2,1H3. The van der Waals surface area contributed by atoms with E-state index in [4.69, 9.17) is 5.11 Å². The molecule has 0 saturated carbocycles. The van der Waals surface area contributed by atoms with Gasteiger partial charge in [0.05, 0.1) is 6.61 Å². The molecule has 1 aromatic carbocycles. The van der Waals surface area contributed by atoms with E-state index < -0.39 is 0 Å². The van der Waals surface area contributed by atoms with Crippen molar-refractivity contribution in [1.29, 1.82) is 0 Å². The van der Waals surface area contributed by atoms with Gasteiger partial charge < -0.3 is 15.0 Å². The van der Waals surface area contributed by atoms with E-state index in [-0.39, 0.29) is 6.61 Å². The first-order valence-corrected chi connectivity index (χ1v) is 4.71. The first kappa shape index (κ1) is 9.09. The number of aliphatic hydroxyl groups is 1. The average molecular weight is 190 g/mol. The van der Waals surface area contributed by atoms with Crippen LogP contribution in [0.4, 0.5) is 5.82 Å². The van der Waals surface area contributed by atoms with Gasteiger partial charge >= 0.3 is 0 Å². The summed E-state index contributed by atoms with van der Waals surface area (Å²) in [6, 6.07) is 10.2. The number of hydrogen-bond donors (Lipinski definition) is 2. The van der Waals surface area contributed by atoms with E-state index in [1.807, 2.05) is 30.1 Å². The Balaban J connectivity index is 2.35. The highest BCUT2D eigenvalue weighted by molar-refractivity contribution is 5.83. The second-order valence-electron chi connectivity index (χ2n) is 3.39. The normalized spacial score (nSPS) is 10.7. The van der Waals surface area contributed by atoms with Crippen LogP contribution in [-0.2, 0) is 0 Å². The molecule has 0 fully saturated rings. The van der Waals surface area contributed by atoms with Crippen LogP contribution in [0.1, 0.15) is 0 Å². The van der Waals surface area contributed by atoms with Crippen molar-refractivity contribution in [2.24, 2.45) is 0 Å². The molecule has 2 N–H and O–H groups in total. The third kappa shape index (κ3) is 1.59. The first-order valence-electron chi connectivity index (χ1n) is 4.71. The van der Waals surface area contributed by atoms with Crippen molar-refractivity contribution in [3.63, 3.8) is 0 Å². The van der Waals surface area contributed by atoms with Crippen LogP contribution in [0.15, 0.2) is 30.3 Å². The predicted octanol–water partition coefficient (Wildman–Crippen LogP) is 1.60. The molecule has 0 saturated heterocycles. The molecule has 0 spiro atoms. The maximum absolute atomic E-state index is 8.82. The van der Waals surface area contributed by atoms with Crippen molar-refractivity contribution >= 4 is 16.7 Å². The molecule has 0 bridgehead atoms. The zero-order valence-corrected chi connectivity index (χ0v) is 8.20. The minimum Gasteiger partial charge on any atom is -0.395 e. The SMILES string of the molecule is CN(CCO)c1cc2ccccc2[nH]1. The Morgan fingerprint density at radius 3 is 2.86 bits per heavy atom. The summed E-state index contributed by atoms with van der Waals surface area (Å²) in [4.78, 5) is 5.29. The van der Waals surface area contributed by atoms with Gasteiger partial charge in [-0.3, -0.25) is 0 Å². The summed E-state index contributed by atoms with van der Waals surface area (Å²) in [5.74, 6) is 1.04. The fourth-order valence-corrected chi connectivity index (χ4v) is 1.53. The summed E-state index contributed by atoms with van der Waals surface area (Å²) < 4.78 is 0. The number of H-pyrrole nitrogens is 1. The van der Waals surface area contributed by atoms with Crippen molar-refractivity contribution < 1.29 is 5.11 Å². The molecule has 0 aliphatic rings. The molecule has 0 amide bonds. The molecule has 3 nitrogen and oxygen atoms in total. The zero-order chi connectivity index (χ0) is 9.97. The van der Waals surface area contributed by atoms with Crippen LogP contribution in [0.25, 0.3) is 10.9 Å². The Labute approximate surface area is 83.0 Å². The highest BCUT2D eigenvalue weighted by atomic mass is 16.3. The van der Waals surface area contributed by atoms with Crippen molar-refractivity contribution in [3.8, 4) is 0 Å². The average Bonchev–Trinajstić information content (AvgIpc) is 2.61. The topological polar surface area (TPSA) is 39.3 Å². The van der Waals surface area contributed by atoms with Crippen molar-refractivity contribution in [1.82, 2.24) is 4.98 Å². The third-order valence-corrected chi connectivity index (χ3v) is 2.36. The lowest BCUT2D eigenvalue weighted by atomic mass is 10.2. The Hall–Kier alpha value is -1.48. The summed E-state index contributed by atoms with van der Waals surface area (Å²) in [5, 5.41) is 10.0. The van der Waals surface area contributed by atoms with E-state index in [9.17, 15) is 0 Å². The van der Waals surface area contributed by atoms with Crippen LogP contribution in [0.3, 0.4) is 0 Å². The minimum atomic E-state index is 0.172. The molecule has 74 valence electrons. The van der Waals surface area contributed by atoms with Gasteiger partial charge in [0.15, 0.2) is 0 Å². The summed E-state index contributed by atoms with van der Waals surface area (Å²) >= 11 is 0. The second-order valence-corrected chi connectivity index (χ2v) is 3.39. The van der Waals surface area contributed by atoms with Crippen LogP contribution in [0, 0.1) is 0 Å². The van der Waals surface area contributed by atoms with Crippen LogP contribution >= 0.6 is 0 Å². The number of nitrogens with one attached hydrogen (secondary N) is 1. The van der Waals surface area contributed by atoms with Gasteiger partial charge in [0.25, 0.3) is 0 Å². The highest BCUT2D eigenvalue weighted by Crippen LogP contribution is 2.20. The number of rotatable bonds is 3. The number of aromatic amines is 1. The van der Waals surface area contributed by atoms with Crippen molar-refractivity contribution in [2.75, 3.05) is 25.1 Å². The minimum absolute atomic E-state index is 0.172. The number of aliphatic hydroxyl groups excluding tert-OH is 1. The van der Waals surface area contributed by atoms with Crippen molar-refractivity contribution in [3.05, 3.63) is 30.3 Å². The van der Waals surface area contributed by atoms with Gasteiger partial charge in [-0.1, -0.05) is 18.2 Å². The third-order valence-electron chi connectivity index (χ3n) is 2.36. The molecule has 1 heterocycles. The summed E-state index contributed by atoms with van der Waals surface area (Å²) in [5.41, 5.74) is 1.13. The van der Waals surface area contributed by atoms with Gasteiger partial charge in [0.1, 0.15) is 5.82 Å². The van der Waals surface area contributed by atoms with Gasteiger partial charge in [0.2, 0.25) is 0 Å². The van der Waals surface area contributed by atoms with Gasteiger partial charge in [-0.2, -0.15) is 0 Å². The van der Waals surface area contributed by atoms with Gasteiger partial charge in [-0.05, 0) is 12.1 Å². The Morgan fingerprint density at radius 2 is 2.14 bits per heavy atom. The van der Waals surface area contributed by atoms with E-state index in [1.165, 1.54) is 5.39 Å². The Morgan fingerprint density at radius 1 is 1.36 bits per heavy atom. The lowest BCUT2D eigenvalue weighted by molar-refractivity contribution is 0.304. The molecular formula is C11H14N2O. The number of benzene rings is 1. The predicted molar refractivity (Wildman–Crippen MR) is 58.7 cm³/mol. The molecule has 1 aromatic heterocycles. The van der Waals surface area contributed by atoms with Gasteiger partial charge in [-0.15, -0.1) is 0 Å². The lowest BCUT2D eigenvalue weighted by Crippen LogP contribution is -2.21. The summed E-state index contributed by atoms with van der Waals surface area (Å²) in [7, 11) is 1.96. The smallest absolute Gasteiger partial charge is 0.106 e. The van der Waals surface area contributed by atoms with E-state index >= 15 is 0 Å². The quantitative estimate of drug-likeness (QED) is 0.771. The largest absolute Gasteiger partial charge is 0.395 e. The fraction of sp³-hybridized carbons (Fsp3) is 0.273. The number of likely N-dealkylation sites (N-methyl/N-ethyl adjacent to an activating group) is 1. The van der Waals surface area contributed by atoms with Gasteiger partial charge in [-0.25, -0.2) is 0 Å². The van der Waals surface area contributed by atoms with E-state index in [1.54, 1.807) is 0 Å². The molecule has 0 aliphatic carbocycles. The van der Waals surface area contributed by atoms with Crippen LogP contribution in [0.2, 0.25) is 0 Å². The number of aromatic nitrogens is 1.